The van der Waals surface area contributed by atoms with Crippen LogP contribution in [0.15, 0.2) is 24.3 Å². The van der Waals surface area contributed by atoms with Crippen molar-refractivity contribution in [1.82, 2.24) is 20.2 Å². The summed E-state index contributed by atoms with van der Waals surface area (Å²) in [6, 6.07) is 7.28. The molecule has 2 rings (SSSR count). The number of methoxy groups -OCH3 is 1. The van der Waals surface area contributed by atoms with Gasteiger partial charge in [-0.3, -0.25) is 0 Å². The van der Waals surface area contributed by atoms with Crippen LogP contribution >= 0.6 is 0 Å². The van der Waals surface area contributed by atoms with Crippen LogP contribution in [0.3, 0.4) is 0 Å². The van der Waals surface area contributed by atoms with E-state index in [-0.39, 0.29) is 5.95 Å². The molecule has 0 aliphatic heterocycles. The topological polar surface area (TPSA) is 78.8 Å². The average molecular weight is 191 g/mol. The molecular formula is C8H9N5O. The number of aromatic nitrogens is 4. The molecule has 0 radical (unpaired) electrons. The van der Waals surface area contributed by atoms with Gasteiger partial charge in [0.1, 0.15) is 5.75 Å². The largest absolute Gasteiger partial charge is 0.497 e. The number of nitrogens with two attached hydrogens (primary N) is 1. The predicted octanol–water partition coefficient (Wildman–Crippen LogP) is 0.253. The normalized spacial score (nSPS) is 10.1. The van der Waals surface area contributed by atoms with Gasteiger partial charge in [-0.25, -0.2) is 0 Å². The Balaban J connectivity index is 2.39. The summed E-state index contributed by atoms with van der Waals surface area (Å²) in [6.07, 6.45) is 0. The molecule has 0 saturated carbocycles. The first-order valence-electron chi connectivity index (χ1n) is 3.99. The van der Waals surface area contributed by atoms with E-state index in [2.05, 4.69) is 15.5 Å². The SMILES string of the molecule is COc1ccc(-n2nnnc2N)cc1. The average Bonchev–Trinajstić information content (AvgIpc) is 2.65. The van der Waals surface area contributed by atoms with Crippen molar-refractivity contribution in [2.75, 3.05) is 12.8 Å². The molecule has 2 N–H and O–H groups in total. The fourth-order valence-corrected chi connectivity index (χ4v) is 1.10. The van der Waals surface area contributed by atoms with Gasteiger partial charge in [-0.1, -0.05) is 5.10 Å². The Morgan fingerprint density at radius 1 is 1.29 bits per heavy atom. The van der Waals surface area contributed by atoms with Crippen LogP contribution < -0.4 is 10.5 Å². The molecule has 6 nitrogen and oxygen atoms in total. The summed E-state index contributed by atoms with van der Waals surface area (Å²) in [7, 11) is 1.61. The summed E-state index contributed by atoms with van der Waals surface area (Å²) >= 11 is 0. The van der Waals surface area contributed by atoms with Crippen molar-refractivity contribution in [3.8, 4) is 11.4 Å². The maximum absolute atomic E-state index is 5.54. The van der Waals surface area contributed by atoms with Crippen LogP contribution in [0.2, 0.25) is 0 Å². The molecule has 0 amide bonds. The van der Waals surface area contributed by atoms with Gasteiger partial charge in [0.25, 0.3) is 0 Å². The number of benzene rings is 1. The fourth-order valence-electron chi connectivity index (χ4n) is 1.10. The summed E-state index contributed by atoms with van der Waals surface area (Å²) in [5.74, 6) is 1.04. The van der Waals surface area contributed by atoms with Gasteiger partial charge in [-0.05, 0) is 34.7 Å². The number of ether oxygens (including phenoxy) is 1. The van der Waals surface area contributed by atoms with E-state index < -0.39 is 0 Å². The summed E-state index contributed by atoms with van der Waals surface area (Å²) in [5, 5.41) is 10.8. The van der Waals surface area contributed by atoms with Gasteiger partial charge in [-0.15, -0.1) is 0 Å². The summed E-state index contributed by atoms with van der Waals surface area (Å²) < 4.78 is 6.47. The molecule has 1 heterocycles. The van der Waals surface area contributed by atoms with E-state index in [1.165, 1.54) is 4.68 Å². The van der Waals surface area contributed by atoms with Crippen molar-refractivity contribution >= 4 is 5.95 Å². The number of nitrogen functional groups attached to an aromatic ring is 1. The van der Waals surface area contributed by atoms with Crippen LogP contribution in [0.4, 0.5) is 5.95 Å². The zero-order chi connectivity index (χ0) is 9.97. The molecule has 0 aliphatic rings. The zero-order valence-corrected chi connectivity index (χ0v) is 7.58. The molecule has 0 bridgehead atoms. The maximum Gasteiger partial charge on any atom is 0.245 e. The first-order valence-corrected chi connectivity index (χ1v) is 3.99. The maximum atomic E-state index is 5.54. The predicted molar refractivity (Wildman–Crippen MR) is 50.1 cm³/mol. The molecule has 14 heavy (non-hydrogen) atoms. The van der Waals surface area contributed by atoms with Crippen LogP contribution in [0, 0.1) is 0 Å². The van der Waals surface area contributed by atoms with Crippen LogP contribution in [-0.4, -0.2) is 27.3 Å². The molecular weight excluding hydrogens is 182 g/mol. The summed E-state index contributed by atoms with van der Waals surface area (Å²) in [5.41, 5.74) is 6.34. The van der Waals surface area contributed by atoms with Crippen LogP contribution in [0.1, 0.15) is 0 Å². The Labute approximate surface area is 80.3 Å². The lowest BCUT2D eigenvalue weighted by atomic mass is 10.3. The van der Waals surface area contributed by atoms with E-state index in [1.54, 1.807) is 7.11 Å². The Morgan fingerprint density at radius 3 is 2.50 bits per heavy atom. The van der Waals surface area contributed by atoms with E-state index in [9.17, 15) is 0 Å². The fraction of sp³-hybridized carbons (Fsp3) is 0.125. The lowest BCUT2D eigenvalue weighted by Gasteiger charge is -2.02. The van der Waals surface area contributed by atoms with E-state index >= 15 is 0 Å². The van der Waals surface area contributed by atoms with Crippen LogP contribution in [0.25, 0.3) is 5.69 Å². The molecule has 6 heteroatoms. The van der Waals surface area contributed by atoms with Crippen LogP contribution in [-0.2, 0) is 0 Å². The monoisotopic (exact) mass is 191 g/mol. The Kier molecular flexibility index (Phi) is 2.02. The molecule has 1 aromatic carbocycles. The smallest absolute Gasteiger partial charge is 0.245 e. The Morgan fingerprint density at radius 2 is 2.00 bits per heavy atom. The first kappa shape index (κ1) is 8.49. The Hall–Kier alpha value is -2.11. The van der Waals surface area contributed by atoms with Crippen molar-refractivity contribution in [2.24, 2.45) is 0 Å². The third kappa shape index (κ3) is 1.37. The molecule has 0 aliphatic carbocycles. The number of hydrogen-bond donors (Lipinski definition) is 1. The van der Waals surface area contributed by atoms with Gasteiger partial charge in [-0.2, -0.15) is 4.68 Å². The van der Waals surface area contributed by atoms with Crippen LogP contribution in [0.5, 0.6) is 5.75 Å². The van der Waals surface area contributed by atoms with Crippen molar-refractivity contribution < 1.29 is 4.74 Å². The minimum Gasteiger partial charge on any atom is -0.497 e. The van der Waals surface area contributed by atoms with Gasteiger partial charge in [0.15, 0.2) is 0 Å². The lowest BCUT2D eigenvalue weighted by Crippen LogP contribution is -2.02. The second-order valence-corrected chi connectivity index (χ2v) is 2.65. The molecule has 0 fully saturated rings. The van der Waals surface area contributed by atoms with Gasteiger partial charge in [0.05, 0.1) is 12.8 Å². The number of nitrogens with zero attached hydrogens (tertiary/aromatic N) is 4. The van der Waals surface area contributed by atoms with Crippen molar-refractivity contribution in [3.63, 3.8) is 0 Å². The van der Waals surface area contributed by atoms with Gasteiger partial charge in [0.2, 0.25) is 5.95 Å². The highest BCUT2D eigenvalue weighted by atomic mass is 16.5. The molecule has 0 saturated heterocycles. The summed E-state index contributed by atoms with van der Waals surface area (Å²) in [4.78, 5) is 0. The second kappa shape index (κ2) is 3.33. The number of tetrazole rings is 1. The minimum absolute atomic E-state index is 0.259. The third-order valence-corrected chi connectivity index (χ3v) is 1.81. The molecule has 0 unspecified atom stereocenters. The van der Waals surface area contributed by atoms with Gasteiger partial charge >= 0.3 is 0 Å². The highest BCUT2D eigenvalue weighted by molar-refractivity contribution is 5.39. The molecule has 72 valence electrons. The van der Waals surface area contributed by atoms with E-state index in [0.29, 0.717) is 0 Å². The highest BCUT2D eigenvalue weighted by Gasteiger charge is 2.03. The quantitative estimate of drug-likeness (QED) is 0.736. The number of rotatable bonds is 2. The van der Waals surface area contributed by atoms with Crippen molar-refractivity contribution in [3.05, 3.63) is 24.3 Å². The van der Waals surface area contributed by atoms with E-state index in [0.717, 1.165) is 11.4 Å². The van der Waals surface area contributed by atoms with Crippen molar-refractivity contribution in [2.45, 2.75) is 0 Å². The first-order chi connectivity index (χ1) is 6.81. The standard InChI is InChI=1S/C8H9N5O/c1-14-7-4-2-6(3-5-7)13-8(9)10-11-12-13/h2-5H,1H3,(H2,9,10,12). The second-order valence-electron chi connectivity index (χ2n) is 2.65. The lowest BCUT2D eigenvalue weighted by molar-refractivity contribution is 0.414. The van der Waals surface area contributed by atoms with Crippen molar-refractivity contribution in [1.29, 1.82) is 0 Å². The van der Waals surface area contributed by atoms with Gasteiger partial charge in [0, 0.05) is 0 Å². The molecule has 1 aromatic heterocycles. The highest BCUT2D eigenvalue weighted by Crippen LogP contribution is 2.14. The van der Waals surface area contributed by atoms with Gasteiger partial charge < -0.3 is 10.5 Å². The van der Waals surface area contributed by atoms with E-state index in [4.69, 9.17) is 10.5 Å². The zero-order valence-electron chi connectivity index (χ0n) is 7.58. The molecule has 0 atom stereocenters. The number of hydrogen-bond acceptors (Lipinski definition) is 5. The molecule has 2 aromatic rings. The number of anilines is 1. The minimum atomic E-state index is 0.259. The summed E-state index contributed by atoms with van der Waals surface area (Å²) in [6.45, 7) is 0. The Bertz CT molecular complexity index is 422. The third-order valence-electron chi connectivity index (χ3n) is 1.81. The van der Waals surface area contributed by atoms with E-state index in [1.807, 2.05) is 24.3 Å². The molecule has 0 spiro atoms.